The lowest BCUT2D eigenvalue weighted by molar-refractivity contribution is 0.0697. The summed E-state index contributed by atoms with van der Waals surface area (Å²) >= 11 is 0. The molecule has 5 heteroatoms. The predicted molar refractivity (Wildman–Crippen MR) is 60.7 cm³/mol. The molecule has 1 atom stereocenters. The van der Waals surface area contributed by atoms with Crippen LogP contribution in [0.15, 0.2) is 12.3 Å². The molecule has 0 saturated heterocycles. The number of rotatable bonds is 5. The molecule has 0 aromatic carbocycles. The first-order chi connectivity index (χ1) is 7.56. The fourth-order valence-electron chi connectivity index (χ4n) is 1.44. The van der Waals surface area contributed by atoms with Gasteiger partial charge in [0.25, 0.3) is 0 Å². The summed E-state index contributed by atoms with van der Waals surface area (Å²) in [5.41, 5.74) is 0.855. The number of aryl methyl sites for hydroxylation is 1. The molecule has 5 nitrogen and oxygen atoms in total. The Balaban J connectivity index is 2.95. The van der Waals surface area contributed by atoms with Gasteiger partial charge in [-0.1, -0.05) is 0 Å². The zero-order chi connectivity index (χ0) is 12.1. The van der Waals surface area contributed by atoms with Gasteiger partial charge in [-0.25, -0.2) is 9.78 Å². The number of pyridine rings is 1. The SMILES string of the molecule is Cc1ccnc(NC(C)CCO)c1C(=O)O. The quantitative estimate of drug-likeness (QED) is 0.701. The third-order valence-electron chi connectivity index (χ3n) is 2.32. The highest BCUT2D eigenvalue weighted by Crippen LogP contribution is 2.17. The van der Waals surface area contributed by atoms with Crippen LogP contribution in [0, 0.1) is 6.92 Å². The van der Waals surface area contributed by atoms with Crippen LogP contribution in [0.5, 0.6) is 0 Å². The molecule has 1 rings (SSSR count). The normalized spacial score (nSPS) is 12.2. The second-order valence-electron chi connectivity index (χ2n) is 3.71. The van der Waals surface area contributed by atoms with Crippen LogP contribution >= 0.6 is 0 Å². The molecule has 0 aliphatic rings. The number of aromatic nitrogens is 1. The minimum absolute atomic E-state index is 0.0163. The van der Waals surface area contributed by atoms with Crippen molar-refractivity contribution in [3.8, 4) is 0 Å². The molecule has 0 amide bonds. The lowest BCUT2D eigenvalue weighted by Crippen LogP contribution is -2.20. The molecule has 0 radical (unpaired) electrons. The van der Waals surface area contributed by atoms with Crippen LogP contribution in [0.2, 0.25) is 0 Å². The van der Waals surface area contributed by atoms with Gasteiger partial charge in [0.05, 0.1) is 0 Å². The van der Waals surface area contributed by atoms with Crippen LogP contribution in [-0.4, -0.2) is 33.8 Å². The number of carboxylic acids is 1. The lowest BCUT2D eigenvalue weighted by atomic mass is 10.1. The van der Waals surface area contributed by atoms with E-state index in [2.05, 4.69) is 10.3 Å². The van der Waals surface area contributed by atoms with Crippen molar-refractivity contribution in [1.82, 2.24) is 4.98 Å². The van der Waals surface area contributed by atoms with Crippen molar-refractivity contribution in [3.63, 3.8) is 0 Å². The standard InChI is InChI=1S/C11H16N2O3/c1-7-3-5-12-10(9(7)11(15)16)13-8(2)4-6-14/h3,5,8,14H,4,6H2,1-2H3,(H,12,13)(H,15,16). The maximum Gasteiger partial charge on any atom is 0.339 e. The number of carboxylic acid groups (broad SMARTS) is 1. The summed E-state index contributed by atoms with van der Waals surface area (Å²) in [6.45, 7) is 3.65. The predicted octanol–water partition coefficient (Wildman–Crippen LogP) is 1.27. The summed E-state index contributed by atoms with van der Waals surface area (Å²) in [5, 5.41) is 20.8. The molecule has 1 aromatic heterocycles. The van der Waals surface area contributed by atoms with E-state index in [1.165, 1.54) is 0 Å². The van der Waals surface area contributed by atoms with Gasteiger partial charge in [-0.05, 0) is 31.9 Å². The molecule has 0 spiro atoms. The van der Waals surface area contributed by atoms with E-state index in [1.807, 2.05) is 6.92 Å². The minimum Gasteiger partial charge on any atom is -0.478 e. The molecule has 0 saturated carbocycles. The van der Waals surface area contributed by atoms with Gasteiger partial charge < -0.3 is 15.5 Å². The van der Waals surface area contributed by atoms with Crippen LogP contribution in [-0.2, 0) is 0 Å². The lowest BCUT2D eigenvalue weighted by Gasteiger charge is -2.15. The van der Waals surface area contributed by atoms with Crippen LogP contribution in [0.1, 0.15) is 29.3 Å². The molecule has 1 unspecified atom stereocenters. The number of nitrogens with one attached hydrogen (secondary N) is 1. The number of carbonyl (C=O) groups is 1. The third-order valence-corrected chi connectivity index (χ3v) is 2.32. The largest absolute Gasteiger partial charge is 0.478 e. The highest BCUT2D eigenvalue weighted by Gasteiger charge is 2.15. The van der Waals surface area contributed by atoms with Crippen molar-refractivity contribution < 1.29 is 15.0 Å². The average molecular weight is 224 g/mol. The molecule has 0 bridgehead atoms. The summed E-state index contributed by atoms with van der Waals surface area (Å²) < 4.78 is 0. The fraction of sp³-hybridized carbons (Fsp3) is 0.455. The molecular formula is C11H16N2O3. The Hall–Kier alpha value is -1.62. The van der Waals surface area contributed by atoms with Gasteiger partial charge in [0.15, 0.2) is 0 Å². The first-order valence-electron chi connectivity index (χ1n) is 5.12. The van der Waals surface area contributed by atoms with Crippen LogP contribution in [0.4, 0.5) is 5.82 Å². The van der Waals surface area contributed by atoms with Gasteiger partial charge in [-0.2, -0.15) is 0 Å². The Morgan fingerprint density at radius 2 is 2.31 bits per heavy atom. The van der Waals surface area contributed by atoms with Crippen molar-refractivity contribution >= 4 is 11.8 Å². The monoisotopic (exact) mass is 224 g/mol. The number of aliphatic hydroxyl groups is 1. The molecule has 1 aromatic rings. The molecule has 88 valence electrons. The highest BCUT2D eigenvalue weighted by atomic mass is 16.4. The van der Waals surface area contributed by atoms with Gasteiger partial charge in [0, 0.05) is 18.8 Å². The molecule has 1 heterocycles. The third kappa shape index (κ3) is 2.93. The van der Waals surface area contributed by atoms with Gasteiger partial charge in [-0.15, -0.1) is 0 Å². The Bertz CT molecular complexity index is 379. The van der Waals surface area contributed by atoms with E-state index in [9.17, 15) is 4.79 Å². The van der Waals surface area contributed by atoms with Crippen LogP contribution in [0.3, 0.4) is 0 Å². The Morgan fingerprint density at radius 3 is 2.88 bits per heavy atom. The van der Waals surface area contributed by atoms with E-state index in [0.717, 1.165) is 0 Å². The zero-order valence-corrected chi connectivity index (χ0v) is 9.40. The molecule has 0 fully saturated rings. The van der Waals surface area contributed by atoms with E-state index < -0.39 is 5.97 Å². The van der Waals surface area contributed by atoms with Crippen molar-refractivity contribution in [2.24, 2.45) is 0 Å². The summed E-state index contributed by atoms with van der Waals surface area (Å²) in [5.74, 6) is -0.641. The summed E-state index contributed by atoms with van der Waals surface area (Å²) in [6, 6.07) is 1.64. The second kappa shape index (κ2) is 5.46. The fourth-order valence-corrected chi connectivity index (χ4v) is 1.44. The molecular weight excluding hydrogens is 208 g/mol. The van der Waals surface area contributed by atoms with E-state index in [4.69, 9.17) is 10.2 Å². The zero-order valence-electron chi connectivity index (χ0n) is 9.40. The average Bonchev–Trinajstić information content (AvgIpc) is 2.17. The molecule has 0 aliphatic heterocycles. The number of nitrogens with zero attached hydrogens (tertiary/aromatic N) is 1. The first kappa shape index (κ1) is 12.4. The van der Waals surface area contributed by atoms with Gasteiger partial charge in [-0.3, -0.25) is 0 Å². The Morgan fingerprint density at radius 1 is 1.62 bits per heavy atom. The Labute approximate surface area is 94.1 Å². The van der Waals surface area contributed by atoms with Gasteiger partial charge in [0.2, 0.25) is 0 Å². The number of hydrogen-bond donors (Lipinski definition) is 3. The smallest absolute Gasteiger partial charge is 0.339 e. The topological polar surface area (TPSA) is 82.5 Å². The molecule has 0 aliphatic carbocycles. The highest BCUT2D eigenvalue weighted by molar-refractivity contribution is 5.94. The summed E-state index contributed by atoms with van der Waals surface area (Å²) in [4.78, 5) is 15.1. The maximum absolute atomic E-state index is 11.1. The number of hydrogen-bond acceptors (Lipinski definition) is 4. The van der Waals surface area contributed by atoms with Crippen molar-refractivity contribution in [2.75, 3.05) is 11.9 Å². The summed E-state index contributed by atoms with van der Waals surface area (Å²) in [6.07, 6.45) is 2.12. The van der Waals surface area contributed by atoms with Crippen LogP contribution in [0.25, 0.3) is 0 Å². The Kier molecular flexibility index (Phi) is 4.25. The van der Waals surface area contributed by atoms with E-state index in [0.29, 0.717) is 17.8 Å². The number of aromatic carboxylic acids is 1. The second-order valence-corrected chi connectivity index (χ2v) is 3.71. The minimum atomic E-state index is -0.996. The number of anilines is 1. The first-order valence-corrected chi connectivity index (χ1v) is 5.12. The maximum atomic E-state index is 11.1. The van der Waals surface area contributed by atoms with Gasteiger partial charge >= 0.3 is 5.97 Å². The summed E-state index contributed by atoms with van der Waals surface area (Å²) in [7, 11) is 0. The number of aliphatic hydroxyl groups excluding tert-OH is 1. The molecule has 16 heavy (non-hydrogen) atoms. The van der Waals surface area contributed by atoms with Gasteiger partial charge in [0.1, 0.15) is 11.4 Å². The van der Waals surface area contributed by atoms with Crippen molar-refractivity contribution in [1.29, 1.82) is 0 Å². The van der Waals surface area contributed by atoms with Crippen molar-refractivity contribution in [2.45, 2.75) is 26.3 Å². The molecule has 3 N–H and O–H groups in total. The van der Waals surface area contributed by atoms with Crippen LogP contribution < -0.4 is 5.32 Å². The van der Waals surface area contributed by atoms with E-state index in [1.54, 1.807) is 19.2 Å². The van der Waals surface area contributed by atoms with E-state index >= 15 is 0 Å². The van der Waals surface area contributed by atoms with E-state index in [-0.39, 0.29) is 18.2 Å². The van der Waals surface area contributed by atoms with Crippen molar-refractivity contribution in [3.05, 3.63) is 23.4 Å².